The monoisotopic (exact) mass is 456 g/mol. The average Bonchev–Trinajstić information content (AvgIpc) is 2.81. The van der Waals surface area contributed by atoms with Crippen LogP contribution >= 0.6 is 0 Å². The van der Waals surface area contributed by atoms with Crippen molar-refractivity contribution in [2.45, 2.75) is 57.6 Å². The zero-order valence-corrected chi connectivity index (χ0v) is 18.9. The van der Waals surface area contributed by atoms with Crippen LogP contribution in [0.2, 0.25) is 0 Å². The standard InChI is InChI=1S/C26H30F2N2O3/c1-2-29-16-7-8-17-30(26(32)24-19(27)11-9-12-20(24)28)21-13-4-6-15-23(21)33-22-14-5-3-10-18(22)25(29)31/h3,5,9-12,14,21,23H,2,4,6-8,13,15-17H2,1H3/t21-,23+/m1/s1. The summed E-state index contributed by atoms with van der Waals surface area (Å²) < 4.78 is 35.4. The fourth-order valence-electron chi connectivity index (χ4n) is 4.90. The number of para-hydroxylation sites is 1. The number of halogens is 2. The third-order valence-corrected chi connectivity index (χ3v) is 6.65. The fraction of sp³-hybridized carbons (Fsp3) is 0.462. The van der Waals surface area contributed by atoms with E-state index in [-0.39, 0.29) is 18.1 Å². The molecule has 33 heavy (non-hydrogen) atoms. The molecule has 0 radical (unpaired) electrons. The third kappa shape index (κ3) is 4.87. The first kappa shape index (κ1) is 23.2. The third-order valence-electron chi connectivity index (χ3n) is 6.65. The molecule has 7 heteroatoms. The maximum absolute atomic E-state index is 14.5. The molecule has 176 valence electrons. The fourth-order valence-corrected chi connectivity index (χ4v) is 4.90. The van der Waals surface area contributed by atoms with Gasteiger partial charge >= 0.3 is 0 Å². The Balaban J connectivity index is 1.73. The molecule has 0 unspecified atom stereocenters. The van der Waals surface area contributed by atoms with Gasteiger partial charge in [0.1, 0.15) is 29.1 Å². The van der Waals surface area contributed by atoms with E-state index >= 15 is 0 Å². The molecule has 0 spiro atoms. The maximum Gasteiger partial charge on any atom is 0.260 e. The van der Waals surface area contributed by atoms with E-state index in [2.05, 4.69) is 0 Å². The number of amides is 2. The SMILES string of the molecule is CCN1CCCCN(C(=O)c2c(F)cccc2F)[C@@H]2CCCC[C@@H]2Oc2ccccc2C1=O. The molecule has 0 N–H and O–H groups in total. The van der Waals surface area contributed by atoms with Crippen molar-refractivity contribution in [1.82, 2.24) is 9.80 Å². The molecule has 2 aromatic rings. The Morgan fingerprint density at radius 3 is 2.42 bits per heavy atom. The summed E-state index contributed by atoms with van der Waals surface area (Å²) in [7, 11) is 0. The van der Waals surface area contributed by atoms with Crippen molar-refractivity contribution in [2.24, 2.45) is 0 Å². The first-order chi connectivity index (χ1) is 16.0. The number of carbonyl (C=O) groups is 2. The predicted molar refractivity (Wildman–Crippen MR) is 121 cm³/mol. The Kier molecular flexibility index (Phi) is 7.26. The van der Waals surface area contributed by atoms with Gasteiger partial charge in [-0.25, -0.2) is 8.78 Å². The number of hydrogen-bond donors (Lipinski definition) is 0. The summed E-state index contributed by atoms with van der Waals surface area (Å²) in [5.74, 6) is -1.93. The molecular formula is C26H30F2N2O3. The highest BCUT2D eigenvalue weighted by Gasteiger charge is 2.37. The second kappa shape index (κ2) is 10.3. The van der Waals surface area contributed by atoms with E-state index in [0.29, 0.717) is 56.6 Å². The smallest absolute Gasteiger partial charge is 0.260 e. The van der Waals surface area contributed by atoms with Crippen LogP contribution in [-0.2, 0) is 0 Å². The van der Waals surface area contributed by atoms with Gasteiger partial charge in [-0.3, -0.25) is 9.59 Å². The molecule has 0 bridgehead atoms. The normalized spacial score (nSPS) is 21.8. The van der Waals surface area contributed by atoms with Gasteiger partial charge in [0.25, 0.3) is 11.8 Å². The van der Waals surface area contributed by atoms with Gasteiger partial charge in [-0.1, -0.05) is 24.6 Å². The largest absolute Gasteiger partial charge is 0.487 e. The molecular weight excluding hydrogens is 426 g/mol. The first-order valence-electron chi connectivity index (χ1n) is 11.8. The second-order valence-corrected chi connectivity index (χ2v) is 8.69. The van der Waals surface area contributed by atoms with E-state index in [1.54, 1.807) is 21.9 Å². The first-order valence-corrected chi connectivity index (χ1v) is 11.8. The Morgan fingerprint density at radius 1 is 0.970 bits per heavy atom. The summed E-state index contributed by atoms with van der Waals surface area (Å²) >= 11 is 0. The van der Waals surface area contributed by atoms with Crippen molar-refractivity contribution in [3.8, 4) is 5.75 Å². The zero-order valence-electron chi connectivity index (χ0n) is 18.9. The van der Waals surface area contributed by atoms with Crippen molar-refractivity contribution in [1.29, 1.82) is 0 Å². The molecule has 2 amide bonds. The van der Waals surface area contributed by atoms with Crippen LogP contribution in [-0.4, -0.2) is 53.4 Å². The number of hydrogen-bond acceptors (Lipinski definition) is 3. The summed E-state index contributed by atoms with van der Waals surface area (Å²) in [5.41, 5.74) is -0.0121. The summed E-state index contributed by atoms with van der Waals surface area (Å²) in [4.78, 5) is 30.0. The van der Waals surface area contributed by atoms with Gasteiger partial charge in [0.05, 0.1) is 11.6 Å². The minimum atomic E-state index is -0.854. The van der Waals surface area contributed by atoms with Gasteiger partial charge in [-0.2, -0.15) is 0 Å². The molecule has 2 aliphatic rings. The highest BCUT2D eigenvalue weighted by Crippen LogP contribution is 2.32. The highest BCUT2D eigenvalue weighted by atomic mass is 19.1. The summed E-state index contributed by atoms with van der Waals surface area (Å²) in [6.07, 6.45) is 4.16. The number of nitrogens with zero attached hydrogens (tertiary/aromatic N) is 2. The van der Waals surface area contributed by atoms with Crippen LogP contribution in [0.3, 0.4) is 0 Å². The van der Waals surface area contributed by atoms with Crippen molar-refractivity contribution in [3.63, 3.8) is 0 Å². The Bertz CT molecular complexity index is 993. The number of benzene rings is 2. The summed E-state index contributed by atoms with van der Waals surface area (Å²) in [6.45, 7) is 3.38. The maximum atomic E-state index is 14.5. The number of rotatable bonds is 2. The Labute approximate surface area is 193 Å². The topological polar surface area (TPSA) is 49.9 Å². The van der Waals surface area contributed by atoms with Crippen molar-refractivity contribution >= 4 is 11.8 Å². The van der Waals surface area contributed by atoms with E-state index in [9.17, 15) is 18.4 Å². The summed E-state index contributed by atoms with van der Waals surface area (Å²) in [5, 5.41) is 0. The lowest BCUT2D eigenvalue weighted by atomic mass is 9.90. The van der Waals surface area contributed by atoms with Crippen LogP contribution in [0.25, 0.3) is 0 Å². The van der Waals surface area contributed by atoms with Crippen LogP contribution in [0.5, 0.6) is 5.75 Å². The lowest BCUT2D eigenvalue weighted by Gasteiger charge is -2.40. The molecule has 1 fully saturated rings. The van der Waals surface area contributed by atoms with Crippen LogP contribution in [0.1, 0.15) is 66.2 Å². The number of carbonyl (C=O) groups excluding carboxylic acids is 2. The quantitative estimate of drug-likeness (QED) is 0.635. The molecule has 0 saturated heterocycles. The number of fused-ring (bicyclic) bond motifs is 2. The van der Waals surface area contributed by atoms with Gasteiger partial charge < -0.3 is 14.5 Å². The van der Waals surface area contributed by atoms with Crippen molar-refractivity contribution < 1.29 is 23.1 Å². The molecule has 1 aliphatic carbocycles. The molecule has 1 saturated carbocycles. The van der Waals surface area contributed by atoms with E-state index in [4.69, 9.17) is 4.74 Å². The van der Waals surface area contributed by atoms with Crippen molar-refractivity contribution in [2.75, 3.05) is 19.6 Å². The lowest BCUT2D eigenvalue weighted by Crippen LogP contribution is -2.51. The minimum absolute atomic E-state index is 0.0672. The van der Waals surface area contributed by atoms with Crippen molar-refractivity contribution in [3.05, 3.63) is 65.2 Å². The van der Waals surface area contributed by atoms with Gasteiger partial charge in [0, 0.05) is 19.6 Å². The highest BCUT2D eigenvalue weighted by molar-refractivity contribution is 5.97. The second-order valence-electron chi connectivity index (χ2n) is 8.69. The van der Waals surface area contributed by atoms with E-state index in [1.165, 1.54) is 6.07 Å². The average molecular weight is 457 g/mol. The molecule has 4 rings (SSSR count). The van der Waals surface area contributed by atoms with E-state index in [1.807, 2.05) is 19.1 Å². The van der Waals surface area contributed by atoms with Gasteiger partial charge in [-0.05, 0) is 63.3 Å². The van der Waals surface area contributed by atoms with E-state index < -0.39 is 23.1 Å². The molecule has 0 aromatic heterocycles. The number of ether oxygens (including phenoxy) is 1. The Morgan fingerprint density at radius 2 is 1.67 bits per heavy atom. The minimum Gasteiger partial charge on any atom is -0.487 e. The molecule has 1 aliphatic heterocycles. The van der Waals surface area contributed by atoms with Crippen LogP contribution < -0.4 is 4.74 Å². The summed E-state index contributed by atoms with van der Waals surface area (Å²) in [6, 6.07) is 10.3. The predicted octanol–water partition coefficient (Wildman–Crippen LogP) is 5.05. The lowest BCUT2D eigenvalue weighted by molar-refractivity contribution is 0.0253. The van der Waals surface area contributed by atoms with Gasteiger partial charge in [0.2, 0.25) is 0 Å². The molecule has 2 atom stereocenters. The van der Waals surface area contributed by atoms with Crippen LogP contribution in [0.15, 0.2) is 42.5 Å². The van der Waals surface area contributed by atoms with Gasteiger partial charge in [0.15, 0.2) is 0 Å². The van der Waals surface area contributed by atoms with Crippen LogP contribution in [0.4, 0.5) is 8.78 Å². The van der Waals surface area contributed by atoms with Gasteiger partial charge in [-0.15, -0.1) is 0 Å². The van der Waals surface area contributed by atoms with E-state index in [0.717, 1.165) is 25.0 Å². The molecule has 5 nitrogen and oxygen atoms in total. The molecule has 1 heterocycles. The van der Waals surface area contributed by atoms with Crippen LogP contribution in [0, 0.1) is 11.6 Å². The zero-order chi connectivity index (χ0) is 23.4. The molecule has 2 aromatic carbocycles. The Hall–Kier alpha value is -2.96.